The van der Waals surface area contributed by atoms with Gasteiger partial charge in [0.05, 0.1) is 12.7 Å². The van der Waals surface area contributed by atoms with E-state index in [0.29, 0.717) is 5.56 Å². The van der Waals surface area contributed by atoms with E-state index in [0.717, 1.165) is 35.4 Å². The zero-order valence-corrected chi connectivity index (χ0v) is 18.1. The number of anilines is 2. The number of hydrogen-bond donors (Lipinski definition) is 0. The second-order valence-corrected chi connectivity index (χ2v) is 7.33. The summed E-state index contributed by atoms with van der Waals surface area (Å²) in [5, 5.41) is 9.81. The van der Waals surface area contributed by atoms with Gasteiger partial charge in [-0.3, -0.25) is 0 Å². The van der Waals surface area contributed by atoms with Gasteiger partial charge >= 0.3 is 6.98 Å². The summed E-state index contributed by atoms with van der Waals surface area (Å²) in [7, 11) is 1.64. The average Bonchev–Trinajstić information content (AvgIpc) is 3.16. The fourth-order valence-corrected chi connectivity index (χ4v) is 4.17. The number of methoxy groups -OCH3 is 1. The lowest BCUT2D eigenvalue weighted by Crippen LogP contribution is -2.56. The predicted octanol–water partition coefficient (Wildman–Crippen LogP) is 4.03. The van der Waals surface area contributed by atoms with E-state index in [4.69, 9.17) is 4.74 Å². The molecule has 0 saturated carbocycles. The number of nitrogens with zero attached hydrogens (tertiary/aromatic N) is 3. The number of ether oxygens (including phenoxy) is 1. The van der Waals surface area contributed by atoms with Gasteiger partial charge in [0, 0.05) is 35.6 Å². The molecular weight excluding hydrogens is 381 g/mol. The second kappa shape index (κ2) is 8.90. The minimum Gasteiger partial charge on any atom is -0.497 e. The van der Waals surface area contributed by atoms with Crippen molar-refractivity contribution in [3.05, 3.63) is 83.4 Å². The largest absolute Gasteiger partial charge is 0.497 e. The van der Waals surface area contributed by atoms with Gasteiger partial charge in [-0.2, -0.15) is 5.26 Å². The van der Waals surface area contributed by atoms with E-state index in [2.05, 4.69) is 71.7 Å². The molecule has 0 unspecified atom stereocenters. The van der Waals surface area contributed by atoms with Crippen LogP contribution in [0.15, 0.2) is 66.7 Å². The summed E-state index contributed by atoms with van der Waals surface area (Å²) in [5.74, 6) is 7.11. The van der Waals surface area contributed by atoms with Crippen LogP contribution in [-0.2, 0) is 0 Å². The van der Waals surface area contributed by atoms with Crippen LogP contribution >= 0.6 is 0 Å². The first-order valence-corrected chi connectivity index (χ1v) is 10.5. The van der Waals surface area contributed by atoms with E-state index in [1.807, 2.05) is 36.4 Å². The Morgan fingerprint density at radius 3 is 2.03 bits per heavy atom. The molecule has 1 aliphatic rings. The molecule has 31 heavy (non-hydrogen) atoms. The molecule has 0 fully saturated rings. The number of rotatable bonds is 4. The van der Waals surface area contributed by atoms with Crippen LogP contribution in [0.5, 0.6) is 5.75 Å². The molecule has 0 bridgehead atoms. The lowest BCUT2D eigenvalue weighted by molar-refractivity contribution is 0.415. The minimum absolute atomic E-state index is 0.0723. The van der Waals surface area contributed by atoms with Crippen molar-refractivity contribution < 1.29 is 4.74 Å². The molecule has 5 heteroatoms. The second-order valence-electron chi connectivity index (χ2n) is 7.33. The van der Waals surface area contributed by atoms with Crippen molar-refractivity contribution in [1.82, 2.24) is 0 Å². The van der Waals surface area contributed by atoms with E-state index < -0.39 is 0 Å². The third-order valence-corrected chi connectivity index (χ3v) is 5.67. The van der Waals surface area contributed by atoms with Gasteiger partial charge in [0.2, 0.25) is 0 Å². The Balaban J connectivity index is 1.68. The number of fused-ring (bicyclic) bond motifs is 1. The average molecular weight is 405 g/mol. The molecule has 0 N–H and O–H groups in total. The molecule has 0 aromatic heterocycles. The zero-order chi connectivity index (χ0) is 21.8. The van der Waals surface area contributed by atoms with E-state index in [9.17, 15) is 5.26 Å². The van der Waals surface area contributed by atoms with Crippen LogP contribution in [0.25, 0.3) is 0 Å². The summed E-state index contributed by atoms with van der Waals surface area (Å²) in [6.45, 7) is 6.19. The van der Waals surface area contributed by atoms with Crippen LogP contribution in [0.3, 0.4) is 0 Å². The van der Waals surface area contributed by atoms with E-state index in [1.165, 1.54) is 11.4 Å². The van der Waals surface area contributed by atoms with Gasteiger partial charge in [0.25, 0.3) is 0 Å². The molecule has 0 atom stereocenters. The topological polar surface area (TPSA) is 39.5 Å². The van der Waals surface area contributed by atoms with Crippen molar-refractivity contribution in [2.75, 3.05) is 29.8 Å². The van der Waals surface area contributed by atoms with Crippen molar-refractivity contribution >= 4 is 23.8 Å². The van der Waals surface area contributed by atoms with Crippen molar-refractivity contribution in [2.45, 2.75) is 13.8 Å². The van der Waals surface area contributed by atoms with Gasteiger partial charge in [-0.05, 0) is 67.8 Å². The highest BCUT2D eigenvalue weighted by atomic mass is 16.5. The van der Waals surface area contributed by atoms with Crippen molar-refractivity contribution in [3.63, 3.8) is 0 Å². The third-order valence-electron chi connectivity index (χ3n) is 5.67. The van der Waals surface area contributed by atoms with E-state index in [-0.39, 0.29) is 6.98 Å². The fourth-order valence-electron chi connectivity index (χ4n) is 4.17. The molecule has 3 aromatic rings. The van der Waals surface area contributed by atoms with Crippen molar-refractivity contribution in [2.24, 2.45) is 0 Å². The third kappa shape index (κ3) is 3.83. The number of benzene rings is 3. The highest BCUT2D eigenvalue weighted by molar-refractivity contribution is 6.82. The molecule has 4 nitrogen and oxygen atoms in total. The SMILES string of the molecule is CCN1B(c2ccc(C#Cc3ccc(OC)cc3)c(C#N)c2)N(CC)c2ccccc21. The smallest absolute Gasteiger partial charge is 0.411 e. The van der Waals surface area contributed by atoms with Gasteiger partial charge in [0.15, 0.2) is 0 Å². The maximum Gasteiger partial charge on any atom is 0.411 e. The number of hydrogen-bond acceptors (Lipinski definition) is 4. The molecule has 3 aromatic carbocycles. The molecule has 0 saturated heterocycles. The van der Waals surface area contributed by atoms with E-state index >= 15 is 0 Å². The molecule has 1 heterocycles. The van der Waals surface area contributed by atoms with Crippen LogP contribution in [0, 0.1) is 23.2 Å². The number of nitriles is 1. The Kier molecular flexibility index (Phi) is 5.87. The maximum atomic E-state index is 9.81. The van der Waals surface area contributed by atoms with Crippen LogP contribution in [-0.4, -0.2) is 27.2 Å². The first kappa shape index (κ1) is 20.4. The van der Waals surface area contributed by atoms with Gasteiger partial charge in [-0.1, -0.05) is 30.0 Å². The van der Waals surface area contributed by atoms with Gasteiger partial charge in [-0.15, -0.1) is 0 Å². The molecule has 152 valence electrons. The zero-order valence-electron chi connectivity index (χ0n) is 18.1. The van der Waals surface area contributed by atoms with Gasteiger partial charge in [0.1, 0.15) is 11.8 Å². The Morgan fingerprint density at radius 1 is 0.839 bits per heavy atom. The quantitative estimate of drug-likeness (QED) is 0.486. The Hall–Kier alpha value is -3.83. The highest BCUT2D eigenvalue weighted by Crippen LogP contribution is 2.37. The van der Waals surface area contributed by atoms with Crippen molar-refractivity contribution in [3.8, 4) is 23.7 Å². The summed E-state index contributed by atoms with van der Waals surface area (Å²) in [5.41, 5.74) is 5.79. The molecule has 0 radical (unpaired) electrons. The Morgan fingerprint density at radius 2 is 1.48 bits per heavy atom. The lowest BCUT2D eigenvalue weighted by Gasteiger charge is -2.28. The van der Waals surface area contributed by atoms with Crippen LogP contribution in [0.2, 0.25) is 0 Å². The lowest BCUT2D eigenvalue weighted by atomic mass is 9.64. The molecule has 4 rings (SSSR count). The summed E-state index contributed by atoms with van der Waals surface area (Å²) in [6.07, 6.45) is 0. The fraction of sp³-hybridized carbons (Fsp3) is 0.192. The number of para-hydroxylation sites is 2. The first-order valence-electron chi connectivity index (χ1n) is 10.5. The van der Waals surface area contributed by atoms with Crippen LogP contribution < -0.4 is 19.8 Å². The summed E-state index contributed by atoms with van der Waals surface area (Å²) in [6, 6.07) is 24.5. The Labute approximate surface area is 184 Å². The molecular formula is C26H24BN3O. The van der Waals surface area contributed by atoms with Crippen LogP contribution in [0.1, 0.15) is 30.5 Å². The Bertz CT molecular complexity index is 1160. The predicted molar refractivity (Wildman–Crippen MR) is 128 cm³/mol. The van der Waals surface area contributed by atoms with E-state index in [1.54, 1.807) is 7.11 Å². The summed E-state index contributed by atoms with van der Waals surface area (Å²) < 4.78 is 5.19. The van der Waals surface area contributed by atoms with Crippen molar-refractivity contribution in [1.29, 1.82) is 5.26 Å². The highest BCUT2D eigenvalue weighted by Gasteiger charge is 2.40. The van der Waals surface area contributed by atoms with Gasteiger partial charge in [-0.25, -0.2) is 0 Å². The molecule has 0 amide bonds. The normalized spacial score (nSPS) is 12.1. The maximum absolute atomic E-state index is 9.81. The molecule has 0 spiro atoms. The minimum atomic E-state index is 0.0723. The first-order chi connectivity index (χ1) is 15.2. The molecule has 0 aliphatic carbocycles. The monoisotopic (exact) mass is 405 g/mol. The summed E-state index contributed by atoms with van der Waals surface area (Å²) >= 11 is 0. The standard InChI is InChI=1S/C26H24BN3O/c1-4-29-25-8-6-7-9-26(25)30(5-2)27(29)23-15-14-21(22(18-23)19-28)13-10-20-11-16-24(31-3)17-12-20/h6-9,11-12,14-18H,4-5H2,1-3H3. The van der Waals surface area contributed by atoms with Gasteiger partial charge < -0.3 is 14.4 Å². The summed E-state index contributed by atoms with van der Waals surface area (Å²) in [4.78, 5) is 4.77. The molecule has 1 aliphatic heterocycles. The van der Waals surface area contributed by atoms with Crippen LogP contribution in [0.4, 0.5) is 11.4 Å².